The molecule has 1 aliphatic rings. The van der Waals surface area contributed by atoms with Crippen LogP contribution in [0.2, 0.25) is 0 Å². The molecule has 1 aliphatic heterocycles. The van der Waals surface area contributed by atoms with Crippen LogP contribution in [0.4, 0.5) is 6.01 Å². The fourth-order valence-electron chi connectivity index (χ4n) is 1.88. The third-order valence-electron chi connectivity index (χ3n) is 2.65. The van der Waals surface area contributed by atoms with Gasteiger partial charge in [-0.25, -0.2) is 0 Å². The number of carbonyl (C=O) groups is 1. The number of piperidine rings is 1. The van der Waals surface area contributed by atoms with Crippen LogP contribution < -0.4 is 10.6 Å². The van der Waals surface area contributed by atoms with Gasteiger partial charge in [0.2, 0.25) is 11.8 Å². The molecule has 0 bridgehead atoms. The van der Waals surface area contributed by atoms with Crippen LogP contribution in [-0.2, 0) is 4.79 Å². The maximum absolute atomic E-state index is 11.6. The first kappa shape index (κ1) is 11.1. The van der Waals surface area contributed by atoms with Gasteiger partial charge in [-0.15, -0.1) is 5.10 Å². The number of hydrogen-bond donors (Lipinski definition) is 2. The van der Waals surface area contributed by atoms with Crippen LogP contribution >= 0.6 is 0 Å². The summed E-state index contributed by atoms with van der Waals surface area (Å²) in [5.41, 5.74) is 0. The van der Waals surface area contributed by atoms with E-state index in [4.69, 9.17) is 4.42 Å². The van der Waals surface area contributed by atoms with Gasteiger partial charge in [0.15, 0.2) is 0 Å². The number of carbonyl (C=O) groups excluding carboxylic acids is 1. The van der Waals surface area contributed by atoms with Crippen LogP contribution in [0.25, 0.3) is 0 Å². The van der Waals surface area contributed by atoms with E-state index in [1.807, 2.05) is 0 Å². The predicted octanol–water partition coefficient (Wildman–Crippen LogP) is 0.706. The van der Waals surface area contributed by atoms with Crippen LogP contribution in [0.3, 0.4) is 0 Å². The van der Waals surface area contributed by atoms with Gasteiger partial charge in [0.25, 0.3) is 0 Å². The molecular formula is C10H16N4O2. The molecule has 1 amide bonds. The van der Waals surface area contributed by atoms with Gasteiger partial charge in [0.05, 0.1) is 0 Å². The lowest BCUT2D eigenvalue weighted by Gasteiger charge is -2.21. The summed E-state index contributed by atoms with van der Waals surface area (Å²) in [7, 11) is 0. The van der Waals surface area contributed by atoms with Gasteiger partial charge in [-0.2, -0.15) is 0 Å². The Labute approximate surface area is 93.8 Å². The van der Waals surface area contributed by atoms with Gasteiger partial charge in [-0.05, 0) is 31.8 Å². The zero-order valence-electron chi connectivity index (χ0n) is 9.32. The van der Waals surface area contributed by atoms with Crippen LogP contribution in [0.15, 0.2) is 4.42 Å². The summed E-state index contributed by atoms with van der Waals surface area (Å²) in [5, 5.41) is 13.2. The molecular weight excluding hydrogens is 208 g/mol. The number of aromatic nitrogens is 2. The van der Waals surface area contributed by atoms with Gasteiger partial charge < -0.3 is 9.73 Å². The largest absolute Gasteiger partial charge is 0.408 e. The summed E-state index contributed by atoms with van der Waals surface area (Å²) < 4.78 is 5.07. The first-order valence-corrected chi connectivity index (χ1v) is 5.54. The highest BCUT2D eigenvalue weighted by Crippen LogP contribution is 2.15. The SMILES string of the molecule is Cc1nnc(NC(=O)CC2CCCNC2)o1. The van der Waals surface area contributed by atoms with Crippen molar-refractivity contribution in [3.8, 4) is 0 Å². The number of aryl methyl sites for hydroxylation is 1. The molecule has 0 aromatic carbocycles. The van der Waals surface area contributed by atoms with E-state index >= 15 is 0 Å². The summed E-state index contributed by atoms with van der Waals surface area (Å²) >= 11 is 0. The van der Waals surface area contributed by atoms with E-state index in [2.05, 4.69) is 20.8 Å². The first-order chi connectivity index (χ1) is 7.74. The van der Waals surface area contributed by atoms with Crippen molar-refractivity contribution in [2.45, 2.75) is 26.2 Å². The number of nitrogens with zero attached hydrogens (tertiary/aromatic N) is 2. The molecule has 16 heavy (non-hydrogen) atoms. The van der Waals surface area contributed by atoms with E-state index in [0.29, 0.717) is 18.2 Å². The molecule has 1 atom stereocenters. The Morgan fingerprint density at radius 2 is 2.50 bits per heavy atom. The molecule has 1 unspecified atom stereocenters. The van der Waals surface area contributed by atoms with Crippen molar-refractivity contribution in [3.05, 3.63) is 5.89 Å². The summed E-state index contributed by atoms with van der Waals surface area (Å²) in [5.74, 6) is 0.810. The van der Waals surface area contributed by atoms with E-state index in [9.17, 15) is 4.79 Å². The van der Waals surface area contributed by atoms with Crippen LogP contribution in [0.5, 0.6) is 0 Å². The molecule has 2 heterocycles. The van der Waals surface area contributed by atoms with Gasteiger partial charge >= 0.3 is 6.01 Å². The quantitative estimate of drug-likeness (QED) is 0.790. The van der Waals surface area contributed by atoms with E-state index in [0.717, 1.165) is 25.9 Å². The second kappa shape index (κ2) is 5.07. The van der Waals surface area contributed by atoms with Crippen LogP contribution in [-0.4, -0.2) is 29.2 Å². The topological polar surface area (TPSA) is 80.0 Å². The lowest BCUT2D eigenvalue weighted by Crippen LogP contribution is -2.32. The average molecular weight is 224 g/mol. The van der Waals surface area contributed by atoms with Crippen molar-refractivity contribution < 1.29 is 9.21 Å². The van der Waals surface area contributed by atoms with E-state index in [1.165, 1.54) is 0 Å². The Hall–Kier alpha value is -1.43. The number of amides is 1. The molecule has 1 aromatic rings. The van der Waals surface area contributed by atoms with Crippen molar-refractivity contribution in [2.24, 2.45) is 5.92 Å². The Morgan fingerprint density at radius 1 is 1.62 bits per heavy atom. The highest BCUT2D eigenvalue weighted by Gasteiger charge is 2.17. The minimum absolute atomic E-state index is 0.0580. The minimum Gasteiger partial charge on any atom is -0.408 e. The zero-order valence-corrected chi connectivity index (χ0v) is 9.32. The molecule has 0 radical (unpaired) electrons. The minimum atomic E-state index is -0.0580. The molecule has 6 nitrogen and oxygen atoms in total. The second-order valence-corrected chi connectivity index (χ2v) is 4.09. The third kappa shape index (κ3) is 3.03. The summed E-state index contributed by atoms with van der Waals surface area (Å²) in [6.07, 6.45) is 2.75. The fraction of sp³-hybridized carbons (Fsp3) is 0.700. The fourth-order valence-corrected chi connectivity index (χ4v) is 1.88. The summed E-state index contributed by atoms with van der Waals surface area (Å²) in [4.78, 5) is 11.6. The zero-order chi connectivity index (χ0) is 11.4. The second-order valence-electron chi connectivity index (χ2n) is 4.09. The highest BCUT2D eigenvalue weighted by molar-refractivity contribution is 5.88. The summed E-state index contributed by atoms with van der Waals surface area (Å²) in [6.45, 7) is 3.66. The molecule has 2 rings (SSSR count). The van der Waals surface area contributed by atoms with E-state index < -0.39 is 0 Å². The number of hydrogen-bond acceptors (Lipinski definition) is 5. The predicted molar refractivity (Wildman–Crippen MR) is 57.9 cm³/mol. The van der Waals surface area contributed by atoms with Crippen LogP contribution in [0.1, 0.15) is 25.2 Å². The molecule has 2 N–H and O–H groups in total. The van der Waals surface area contributed by atoms with Crippen molar-refractivity contribution in [1.29, 1.82) is 0 Å². The molecule has 88 valence electrons. The Morgan fingerprint density at radius 3 is 3.12 bits per heavy atom. The first-order valence-electron chi connectivity index (χ1n) is 5.54. The molecule has 0 spiro atoms. The van der Waals surface area contributed by atoms with Crippen molar-refractivity contribution in [1.82, 2.24) is 15.5 Å². The number of nitrogens with one attached hydrogen (secondary N) is 2. The smallest absolute Gasteiger partial charge is 0.322 e. The molecule has 1 aromatic heterocycles. The van der Waals surface area contributed by atoms with Crippen molar-refractivity contribution in [3.63, 3.8) is 0 Å². The van der Waals surface area contributed by atoms with Gasteiger partial charge in [0.1, 0.15) is 0 Å². The third-order valence-corrected chi connectivity index (χ3v) is 2.65. The van der Waals surface area contributed by atoms with E-state index in [-0.39, 0.29) is 11.9 Å². The van der Waals surface area contributed by atoms with Gasteiger partial charge in [0, 0.05) is 13.3 Å². The van der Waals surface area contributed by atoms with E-state index in [1.54, 1.807) is 6.92 Å². The Balaban J connectivity index is 1.79. The molecule has 6 heteroatoms. The molecule has 1 saturated heterocycles. The van der Waals surface area contributed by atoms with Gasteiger partial charge in [-0.3, -0.25) is 10.1 Å². The monoisotopic (exact) mass is 224 g/mol. The van der Waals surface area contributed by atoms with Crippen molar-refractivity contribution in [2.75, 3.05) is 18.4 Å². The maximum atomic E-state index is 11.6. The average Bonchev–Trinajstić information content (AvgIpc) is 2.65. The van der Waals surface area contributed by atoms with Crippen LogP contribution in [0, 0.1) is 12.8 Å². The number of anilines is 1. The lowest BCUT2D eigenvalue weighted by molar-refractivity contribution is -0.117. The molecule has 0 saturated carbocycles. The highest BCUT2D eigenvalue weighted by atomic mass is 16.4. The van der Waals surface area contributed by atoms with Gasteiger partial charge in [-0.1, -0.05) is 5.10 Å². The Bertz CT molecular complexity index is 357. The Kier molecular flexibility index (Phi) is 3.51. The summed E-state index contributed by atoms with van der Waals surface area (Å²) in [6, 6.07) is 0.186. The maximum Gasteiger partial charge on any atom is 0.322 e. The lowest BCUT2D eigenvalue weighted by atomic mass is 9.96. The standard InChI is InChI=1S/C10H16N4O2/c1-7-13-14-10(16-7)12-9(15)5-8-3-2-4-11-6-8/h8,11H,2-6H2,1H3,(H,12,14,15). The number of rotatable bonds is 3. The molecule has 1 fully saturated rings. The molecule has 0 aliphatic carbocycles. The normalized spacial score (nSPS) is 20.7. The van der Waals surface area contributed by atoms with Crippen molar-refractivity contribution >= 4 is 11.9 Å².